The summed E-state index contributed by atoms with van der Waals surface area (Å²) in [6.45, 7) is 9.62. The van der Waals surface area contributed by atoms with Gasteiger partial charge in [-0.3, -0.25) is 0 Å². The summed E-state index contributed by atoms with van der Waals surface area (Å²) in [6, 6.07) is 5.89. The Bertz CT molecular complexity index is 1240. The minimum Gasteiger partial charge on any atom is -0.479 e. The van der Waals surface area contributed by atoms with E-state index in [1.54, 1.807) is 0 Å². The van der Waals surface area contributed by atoms with Crippen LogP contribution in [0.1, 0.15) is 75.4 Å². The van der Waals surface area contributed by atoms with Gasteiger partial charge < -0.3 is 9.84 Å². The zero-order valence-corrected chi connectivity index (χ0v) is 20.6. The molecule has 5 heteroatoms. The van der Waals surface area contributed by atoms with E-state index >= 15 is 0 Å². The first-order valence-electron chi connectivity index (χ1n) is 11.5. The maximum Gasteiger partial charge on any atom is 0.337 e. The molecule has 2 aromatic rings. The van der Waals surface area contributed by atoms with Gasteiger partial charge >= 0.3 is 5.97 Å². The molecule has 1 aromatic heterocycles. The van der Waals surface area contributed by atoms with Crippen molar-refractivity contribution in [1.29, 1.82) is 0 Å². The van der Waals surface area contributed by atoms with Crippen molar-refractivity contribution >= 4 is 34.0 Å². The number of rotatable bonds is 4. The summed E-state index contributed by atoms with van der Waals surface area (Å²) in [5.41, 5.74) is 4.35. The molecule has 0 aliphatic heterocycles. The van der Waals surface area contributed by atoms with E-state index in [1.807, 2.05) is 58.0 Å². The highest BCUT2D eigenvalue weighted by Crippen LogP contribution is 2.42. The van der Waals surface area contributed by atoms with Gasteiger partial charge in [-0.25, -0.2) is 9.78 Å². The average Bonchev–Trinajstić information content (AvgIpc) is 3.55. The minimum absolute atomic E-state index is 0.151. The van der Waals surface area contributed by atoms with E-state index in [9.17, 15) is 9.90 Å². The van der Waals surface area contributed by atoms with E-state index in [4.69, 9.17) is 21.3 Å². The molecule has 2 aliphatic rings. The first kappa shape index (κ1) is 23.5. The van der Waals surface area contributed by atoms with Crippen molar-refractivity contribution in [2.75, 3.05) is 0 Å². The predicted octanol–water partition coefficient (Wildman–Crippen LogP) is 6.79. The van der Waals surface area contributed by atoms with Crippen LogP contribution < -0.4 is 0 Å². The monoisotopic (exact) mass is 463 g/mol. The van der Waals surface area contributed by atoms with E-state index in [2.05, 4.69) is 18.8 Å². The van der Waals surface area contributed by atoms with Gasteiger partial charge in [-0.15, -0.1) is 0 Å². The second-order valence-electron chi connectivity index (χ2n) is 10.1. The van der Waals surface area contributed by atoms with Gasteiger partial charge in [0.2, 0.25) is 0 Å². The zero-order valence-electron chi connectivity index (χ0n) is 19.8. The molecule has 0 spiro atoms. The Kier molecular flexibility index (Phi) is 6.40. The Morgan fingerprint density at radius 3 is 2.61 bits per heavy atom. The molecule has 33 heavy (non-hydrogen) atoms. The summed E-state index contributed by atoms with van der Waals surface area (Å²) in [5, 5.41) is 11.9. The fraction of sp³-hybridized carbons (Fsp3) is 0.429. The van der Waals surface area contributed by atoms with Crippen LogP contribution in [0, 0.1) is 30.6 Å². The highest BCUT2D eigenvalue weighted by atomic mass is 35.5. The first-order chi connectivity index (χ1) is 15.5. The van der Waals surface area contributed by atoms with E-state index in [-0.39, 0.29) is 5.92 Å². The largest absolute Gasteiger partial charge is 0.479 e. The van der Waals surface area contributed by atoms with Gasteiger partial charge in [-0.2, -0.15) is 0 Å². The van der Waals surface area contributed by atoms with Crippen LogP contribution >= 0.6 is 11.6 Å². The van der Waals surface area contributed by atoms with Crippen LogP contribution in [0.4, 0.5) is 0 Å². The Labute approximate surface area is 200 Å². The molecule has 4 rings (SSSR count). The number of fused-ring (bicyclic) bond motifs is 1. The summed E-state index contributed by atoms with van der Waals surface area (Å²) in [6.07, 6.45) is 5.85. The van der Waals surface area contributed by atoms with Gasteiger partial charge in [-0.1, -0.05) is 30.5 Å². The van der Waals surface area contributed by atoms with Crippen molar-refractivity contribution < 1.29 is 14.6 Å². The summed E-state index contributed by atoms with van der Waals surface area (Å²) in [4.78, 5) is 17.2. The topological polar surface area (TPSA) is 59.4 Å². The number of ether oxygens (including phenoxy) is 1. The SMILES string of the molecule is Cc1cc2nc(C#CC3CC3)ccc2c(C2=CC=C(Cl)C(C)C2)c1[C@H](OC(C)(C)C)C(=O)O. The number of carboxylic acids is 1. The van der Waals surface area contributed by atoms with Crippen molar-refractivity contribution in [1.82, 2.24) is 4.98 Å². The molecule has 1 N–H and O–H groups in total. The number of carboxylic acid groups (broad SMARTS) is 1. The van der Waals surface area contributed by atoms with Crippen molar-refractivity contribution in [3.63, 3.8) is 0 Å². The molecule has 0 saturated heterocycles. The highest BCUT2D eigenvalue weighted by Gasteiger charge is 2.33. The minimum atomic E-state index is -1.10. The molecule has 2 atom stereocenters. The maximum absolute atomic E-state index is 12.4. The number of hydrogen-bond acceptors (Lipinski definition) is 3. The van der Waals surface area contributed by atoms with Gasteiger partial charge in [0.25, 0.3) is 0 Å². The van der Waals surface area contributed by atoms with Gasteiger partial charge in [-0.05, 0) is 99.8 Å². The molecule has 1 heterocycles. The van der Waals surface area contributed by atoms with E-state index in [0.29, 0.717) is 17.9 Å². The molecule has 4 nitrogen and oxygen atoms in total. The fourth-order valence-corrected chi connectivity index (χ4v) is 4.33. The number of carbonyl (C=O) groups is 1. The number of allylic oxidation sites excluding steroid dienone is 4. The van der Waals surface area contributed by atoms with Gasteiger partial charge in [0, 0.05) is 21.9 Å². The Balaban J connectivity index is 1.96. The molecule has 1 unspecified atom stereocenters. The molecule has 0 radical (unpaired) electrons. The zero-order chi connectivity index (χ0) is 23.9. The van der Waals surface area contributed by atoms with Crippen molar-refractivity contribution in [2.45, 2.75) is 65.6 Å². The number of halogens is 1. The molecule has 1 saturated carbocycles. The molecule has 2 aliphatic carbocycles. The summed E-state index contributed by atoms with van der Waals surface area (Å²) in [5.74, 6) is 6.10. The number of aliphatic carboxylic acids is 1. The van der Waals surface area contributed by atoms with E-state index < -0.39 is 17.7 Å². The lowest BCUT2D eigenvalue weighted by atomic mass is 9.83. The number of hydrogen-bond donors (Lipinski definition) is 1. The number of pyridine rings is 1. The van der Waals surface area contributed by atoms with Crippen molar-refractivity contribution in [3.05, 3.63) is 57.8 Å². The first-order valence-corrected chi connectivity index (χ1v) is 11.8. The quantitative estimate of drug-likeness (QED) is 0.507. The van der Waals surface area contributed by atoms with Gasteiger partial charge in [0.05, 0.1) is 11.1 Å². The number of benzene rings is 1. The van der Waals surface area contributed by atoms with Gasteiger partial charge in [0.15, 0.2) is 6.10 Å². The molecular formula is C28H30ClNO3. The van der Waals surface area contributed by atoms with E-state index in [0.717, 1.165) is 38.3 Å². The number of aryl methyl sites for hydroxylation is 1. The third-order valence-corrected chi connectivity index (χ3v) is 6.44. The third kappa shape index (κ3) is 5.32. The molecule has 1 fully saturated rings. The lowest BCUT2D eigenvalue weighted by molar-refractivity contribution is -0.160. The van der Waals surface area contributed by atoms with Crippen LogP contribution in [0.15, 0.2) is 35.4 Å². The normalized spacial score (nSPS) is 19.4. The summed E-state index contributed by atoms with van der Waals surface area (Å²) >= 11 is 6.37. The van der Waals surface area contributed by atoms with Crippen molar-refractivity contribution in [2.24, 2.45) is 11.8 Å². The van der Waals surface area contributed by atoms with Crippen LogP contribution in [0.25, 0.3) is 16.5 Å². The second kappa shape index (κ2) is 8.97. The standard InChI is InChI=1S/C28H30ClNO3/c1-16-14-19(9-13-22(16)29)25-21-12-11-20(10-8-18-6-7-18)30-23(21)15-17(2)24(25)26(27(31)32)33-28(3,4)5/h9,11-13,15-16,18,26H,6-7,14H2,1-5H3,(H,31,32)/t16?,26-/m0/s1. The lowest BCUT2D eigenvalue weighted by Gasteiger charge is -2.30. The lowest BCUT2D eigenvalue weighted by Crippen LogP contribution is -2.28. The Morgan fingerprint density at radius 2 is 2.00 bits per heavy atom. The predicted molar refractivity (Wildman–Crippen MR) is 133 cm³/mol. The smallest absolute Gasteiger partial charge is 0.337 e. The van der Waals surface area contributed by atoms with Crippen LogP contribution in [-0.4, -0.2) is 21.7 Å². The Morgan fingerprint density at radius 1 is 1.27 bits per heavy atom. The number of nitrogens with zero attached hydrogens (tertiary/aromatic N) is 1. The highest BCUT2D eigenvalue weighted by molar-refractivity contribution is 6.30. The third-order valence-electron chi connectivity index (χ3n) is 5.94. The molecular weight excluding hydrogens is 434 g/mol. The fourth-order valence-electron chi connectivity index (χ4n) is 4.19. The van der Waals surface area contributed by atoms with Crippen LogP contribution in [0.2, 0.25) is 0 Å². The van der Waals surface area contributed by atoms with Gasteiger partial charge in [0.1, 0.15) is 5.69 Å². The van der Waals surface area contributed by atoms with Crippen molar-refractivity contribution in [3.8, 4) is 11.8 Å². The molecule has 1 aromatic carbocycles. The molecule has 0 amide bonds. The maximum atomic E-state index is 12.4. The van der Waals surface area contributed by atoms with Crippen LogP contribution in [0.3, 0.4) is 0 Å². The molecule has 172 valence electrons. The molecule has 0 bridgehead atoms. The van der Waals surface area contributed by atoms with Crippen LogP contribution in [0.5, 0.6) is 0 Å². The second-order valence-corrected chi connectivity index (χ2v) is 10.5. The average molecular weight is 464 g/mol. The Hall–Kier alpha value is -2.61. The number of aromatic nitrogens is 1. The van der Waals surface area contributed by atoms with E-state index in [1.165, 1.54) is 12.8 Å². The summed E-state index contributed by atoms with van der Waals surface area (Å²) in [7, 11) is 0. The van der Waals surface area contributed by atoms with Crippen LogP contribution in [-0.2, 0) is 9.53 Å². The summed E-state index contributed by atoms with van der Waals surface area (Å²) < 4.78 is 6.08.